The Hall–Kier alpha value is -2.89. The third-order valence-corrected chi connectivity index (χ3v) is 3.13. The second kappa shape index (κ2) is 4.34. The molecule has 3 N–H and O–H groups in total. The molecule has 0 amide bonds. The summed E-state index contributed by atoms with van der Waals surface area (Å²) in [4.78, 5) is 14.4. The van der Waals surface area contributed by atoms with E-state index in [2.05, 4.69) is 10.1 Å². The van der Waals surface area contributed by atoms with E-state index in [-0.39, 0.29) is 17.3 Å². The van der Waals surface area contributed by atoms with Gasteiger partial charge in [-0.15, -0.1) is 0 Å². The van der Waals surface area contributed by atoms with Gasteiger partial charge < -0.3 is 5.11 Å². The van der Waals surface area contributed by atoms with Crippen molar-refractivity contribution in [3.63, 3.8) is 0 Å². The minimum atomic E-state index is -0.433. The van der Waals surface area contributed by atoms with Crippen LogP contribution in [0.15, 0.2) is 40.2 Å². The fourth-order valence-electron chi connectivity index (χ4n) is 2.13. The van der Waals surface area contributed by atoms with Gasteiger partial charge in [-0.1, -0.05) is 30.3 Å². The quantitative estimate of drug-likeness (QED) is 0.664. The number of aromatic amines is 1. The fraction of sp³-hybridized carbons (Fsp3) is 0.0714. The molecule has 0 fully saturated rings. The molecule has 1 aromatic carbocycles. The topological polar surface area (TPSA) is 92.5 Å². The number of fused-ring (bicyclic) bond motifs is 1. The van der Waals surface area contributed by atoms with Crippen LogP contribution in [0.25, 0.3) is 6.08 Å². The Morgan fingerprint density at radius 3 is 2.75 bits per heavy atom. The molecule has 1 aliphatic heterocycles. The number of H-pyrrole nitrogens is 1. The van der Waals surface area contributed by atoms with E-state index in [9.17, 15) is 9.90 Å². The van der Waals surface area contributed by atoms with E-state index in [1.165, 1.54) is 5.01 Å². The van der Waals surface area contributed by atoms with Crippen LogP contribution in [0.5, 0.6) is 5.88 Å². The van der Waals surface area contributed by atoms with Crippen LogP contribution in [-0.2, 0) is 0 Å². The summed E-state index contributed by atoms with van der Waals surface area (Å²) in [5, 5.41) is 23.8. The second-order valence-electron chi connectivity index (χ2n) is 4.47. The van der Waals surface area contributed by atoms with E-state index in [0.29, 0.717) is 10.6 Å². The zero-order valence-corrected chi connectivity index (χ0v) is 10.7. The maximum Gasteiger partial charge on any atom is 0.260 e. The Balaban J connectivity index is 2.40. The van der Waals surface area contributed by atoms with Crippen molar-refractivity contribution >= 4 is 11.9 Å². The van der Waals surface area contributed by atoms with Crippen LogP contribution >= 0.6 is 0 Å². The first-order valence-corrected chi connectivity index (χ1v) is 6.01. The average Bonchev–Trinajstić information content (AvgIpc) is 2.72. The fourth-order valence-corrected chi connectivity index (χ4v) is 2.13. The Kier molecular flexibility index (Phi) is 2.64. The van der Waals surface area contributed by atoms with Crippen molar-refractivity contribution in [3.05, 3.63) is 62.4 Å². The van der Waals surface area contributed by atoms with Gasteiger partial charge in [0.1, 0.15) is 10.9 Å². The van der Waals surface area contributed by atoms with Gasteiger partial charge in [-0.2, -0.15) is 5.10 Å². The molecule has 0 spiro atoms. The van der Waals surface area contributed by atoms with E-state index in [1.807, 2.05) is 30.3 Å². The summed E-state index contributed by atoms with van der Waals surface area (Å²) in [6, 6.07) is 9.35. The molecule has 0 bridgehead atoms. The lowest BCUT2D eigenvalue weighted by molar-refractivity contribution is 0.449. The highest BCUT2D eigenvalue weighted by molar-refractivity contribution is 5.99. The van der Waals surface area contributed by atoms with Gasteiger partial charge >= 0.3 is 0 Å². The van der Waals surface area contributed by atoms with Crippen LogP contribution < -0.4 is 16.1 Å². The molecule has 3 rings (SSSR count). The van der Waals surface area contributed by atoms with Crippen molar-refractivity contribution in [1.82, 2.24) is 9.99 Å². The zero-order chi connectivity index (χ0) is 14.3. The number of hydrogen-bond acceptors (Lipinski definition) is 4. The Morgan fingerprint density at radius 1 is 1.35 bits per heavy atom. The molecule has 100 valence electrons. The Morgan fingerprint density at radius 2 is 2.05 bits per heavy atom. The molecule has 0 saturated heterocycles. The SMILES string of the molecule is CN1N=c2c(c(O)[nH]c(=O)c2=Cc2ccccc2)C1=N. The molecule has 20 heavy (non-hydrogen) atoms. The summed E-state index contributed by atoms with van der Waals surface area (Å²) in [7, 11) is 1.60. The Labute approximate surface area is 113 Å². The second-order valence-corrected chi connectivity index (χ2v) is 4.47. The molecular formula is C14H12N4O2. The van der Waals surface area contributed by atoms with Crippen molar-refractivity contribution in [2.45, 2.75) is 0 Å². The number of benzene rings is 1. The molecule has 6 nitrogen and oxygen atoms in total. The van der Waals surface area contributed by atoms with Crippen molar-refractivity contribution in [2.75, 3.05) is 7.05 Å². The number of pyridine rings is 1. The summed E-state index contributed by atoms with van der Waals surface area (Å²) < 4.78 is 0. The summed E-state index contributed by atoms with van der Waals surface area (Å²) in [5.74, 6) is -0.273. The lowest BCUT2D eigenvalue weighted by Gasteiger charge is -2.05. The molecule has 0 unspecified atom stereocenters. The number of nitrogens with zero attached hydrogens (tertiary/aromatic N) is 2. The highest BCUT2D eigenvalue weighted by Crippen LogP contribution is 2.11. The van der Waals surface area contributed by atoms with Gasteiger partial charge in [0, 0.05) is 7.05 Å². The van der Waals surface area contributed by atoms with Crippen LogP contribution in [0, 0.1) is 5.41 Å². The van der Waals surface area contributed by atoms with Crippen molar-refractivity contribution in [3.8, 4) is 5.88 Å². The maximum absolute atomic E-state index is 12.0. The van der Waals surface area contributed by atoms with Crippen LogP contribution in [0.3, 0.4) is 0 Å². The summed E-state index contributed by atoms with van der Waals surface area (Å²) in [6.07, 6.45) is 1.69. The van der Waals surface area contributed by atoms with E-state index in [0.717, 1.165) is 5.56 Å². The first-order valence-electron chi connectivity index (χ1n) is 6.01. The number of nitrogens with one attached hydrogen (secondary N) is 2. The van der Waals surface area contributed by atoms with Crippen molar-refractivity contribution < 1.29 is 5.11 Å². The molecular weight excluding hydrogens is 256 g/mol. The highest BCUT2D eigenvalue weighted by Gasteiger charge is 2.22. The van der Waals surface area contributed by atoms with Gasteiger partial charge in [0.05, 0.1) is 5.22 Å². The van der Waals surface area contributed by atoms with Gasteiger partial charge in [0.25, 0.3) is 5.56 Å². The highest BCUT2D eigenvalue weighted by atomic mass is 16.3. The minimum absolute atomic E-state index is 0.0523. The standard InChI is InChI=1S/C14H12N4O2/c1-18-12(15)10-11(17-18)9(13(19)16-14(10)20)7-8-5-3-2-4-6-8/h2-7,15,20H,1H3,(H,16,19). The maximum atomic E-state index is 12.0. The van der Waals surface area contributed by atoms with Crippen LogP contribution in [0.2, 0.25) is 0 Å². The molecule has 0 saturated carbocycles. The van der Waals surface area contributed by atoms with Crippen molar-refractivity contribution in [2.24, 2.45) is 5.10 Å². The van der Waals surface area contributed by atoms with E-state index in [1.54, 1.807) is 13.1 Å². The van der Waals surface area contributed by atoms with Crippen LogP contribution in [0.4, 0.5) is 0 Å². The third-order valence-electron chi connectivity index (χ3n) is 3.13. The van der Waals surface area contributed by atoms with Gasteiger partial charge in [0.2, 0.25) is 5.88 Å². The average molecular weight is 268 g/mol. The number of aromatic hydroxyl groups is 1. The minimum Gasteiger partial charge on any atom is -0.494 e. The first-order chi connectivity index (χ1) is 9.58. The van der Waals surface area contributed by atoms with E-state index >= 15 is 0 Å². The number of rotatable bonds is 1. The smallest absolute Gasteiger partial charge is 0.260 e. The van der Waals surface area contributed by atoms with E-state index < -0.39 is 5.56 Å². The predicted octanol–water partition coefficient (Wildman–Crippen LogP) is -0.285. The molecule has 0 aliphatic carbocycles. The number of hydrogen-bond donors (Lipinski definition) is 3. The van der Waals surface area contributed by atoms with Gasteiger partial charge in [-0.05, 0) is 11.6 Å². The lowest BCUT2D eigenvalue weighted by Crippen LogP contribution is -2.42. The molecule has 2 aromatic rings. The first kappa shape index (κ1) is 12.2. The van der Waals surface area contributed by atoms with Gasteiger partial charge in [-0.3, -0.25) is 20.2 Å². The molecule has 1 aromatic heterocycles. The molecule has 2 heterocycles. The monoisotopic (exact) mass is 268 g/mol. The molecule has 0 radical (unpaired) electrons. The van der Waals surface area contributed by atoms with Gasteiger partial charge in [-0.25, -0.2) is 0 Å². The number of aromatic nitrogens is 1. The summed E-state index contributed by atoms with van der Waals surface area (Å²) >= 11 is 0. The third kappa shape index (κ3) is 1.78. The summed E-state index contributed by atoms with van der Waals surface area (Å²) in [6.45, 7) is 0. The molecule has 6 heteroatoms. The lowest BCUT2D eigenvalue weighted by atomic mass is 10.1. The Bertz CT molecular complexity index is 869. The predicted molar refractivity (Wildman–Crippen MR) is 74.1 cm³/mol. The van der Waals surface area contributed by atoms with E-state index in [4.69, 9.17) is 5.41 Å². The van der Waals surface area contributed by atoms with Crippen LogP contribution in [-0.4, -0.2) is 28.0 Å². The molecule has 1 aliphatic rings. The number of amidine groups is 1. The van der Waals surface area contributed by atoms with Crippen LogP contribution in [0.1, 0.15) is 11.1 Å². The zero-order valence-electron chi connectivity index (χ0n) is 10.7. The van der Waals surface area contributed by atoms with Crippen molar-refractivity contribution in [1.29, 1.82) is 5.41 Å². The molecule has 0 atom stereocenters. The summed E-state index contributed by atoms with van der Waals surface area (Å²) in [5.41, 5.74) is 0.661. The largest absolute Gasteiger partial charge is 0.494 e. The normalized spacial score (nSPS) is 14.3. The van der Waals surface area contributed by atoms with Gasteiger partial charge in [0.15, 0.2) is 5.84 Å².